The zero-order valence-corrected chi connectivity index (χ0v) is 10.0. The lowest BCUT2D eigenvalue weighted by atomic mass is 10.2. The molecule has 0 rings (SSSR count). The maximum Gasteiger partial charge on any atom is 0.129 e. The first-order chi connectivity index (χ1) is 7.06. The number of rotatable bonds is 8. The molecule has 0 spiro atoms. The fourth-order valence-corrected chi connectivity index (χ4v) is 0.855. The number of aliphatic hydroxyl groups excluding tert-OH is 1. The Balaban J connectivity index is 3.17. The highest BCUT2D eigenvalue weighted by atomic mass is 16.6. The van der Waals surface area contributed by atoms with Gasteiger partial charge in [-0.2, -0.15) is 0 Å². The molecular weight excluding hydrogens is 194 g/mol. The Morgan fingerprint density at radius 3 is 2.53 bits per heavy atom. The van der Waals surface area contributed by atoms with Crippen LogP contribution in [0.5, 0.6) is 0 Å². The van der Waals surface area contributed by atoms with Gasteiger partial charge in [0.05, 0.1) is 12.8 Å². The van der Waals surface area contributed by atoms with Crippen molar-refractivity contribution in [3.63, 3.8) is 0 Å². The van der Waals surface area contributed by atoms with Crippen LogP contribution in [-0.2, 0) is 9.57 Å². The van der Waals surface area contributed by atoms with E-state index in [9.17, 15) is 0 Å². The summed E-state index contributed by atoms with van der Waals surface area (Å²) in [6, 6.07) is 0. The molecule has 90 valence electrons. The predicted molar refractivity (Wildman–Crippen MR) is 61.1 cm³/mol. The summed E-state index contributed by atoms with van der Waals surface area (Å²) in [6.07, 6.45) is 4.46. The van der Waals surface area contributed by atoms with E-state index in [-0.39, 0.29) is 12.2 Å². The van der Waals surface area contributed by atoms with Crippen molar-refractivity contribution in [2.75, 3.05) is 19.8 Å². The number of nitrogens with zero attached hydrogens (tertiary/aromatic N) is 1. The van der Waals surface area contributed by atoms with Crippen LogP contribution in [0.3, 0.4) is 0 Å². The monoisotopic (exact) mass is 217 g/mol. The molecule has 0 bridgehead atoms. The van der Waals surface area contributed by atoms with Crippen molar-refractivity contribution in [2.24, 2.45) is 5.16 Å². The highest BCUT2D eigenvalue weighted by Crippen LogP contribution is 2.05. The van der Waals surface area contributed by atoms with Crippen LogP contribution in [-0.4, -0.2) is 36.7 Å². The van der Waals surface area contributed by atoms with Crippen molar-refractivity contribution in [1.82, 2.24) is 0 Å². The van der Waals surface area contributed by atoms with E-state index >= 15 is 0 Å². The Kier molecular flexibility index (Phi) is 8.33. The molecule has 1 N–H and O–H groups in total. The standard InChI is InChI=1S/C11H23NO3/c1-11(2,3)15-12-7-10-14-9-6-4-5-8-13/h7,13H,4-6,8-10H2,1-3H3/b12-7+. The number of unbranched alkanes of at least 4 members (excludes halogenated alkanes) is 2. The van der Waals surface area contributed by atoms with Crippen LogP contribution in [0.15, 0.2) is 5.16 Å². The van der Waals surface area contributed by atoms with Crippen LogP contribution in [0.4, 0.5) is 0 Å². The molecule has 4 nitrogen and oxygen atoms in total. The molecule has 0 aliphatic heterocycles. The van der Waals surface area contributed by atoms with Crippen LogP contribution in [0.1, 0.15) is 40.0 Å². The van der Waals surface area contributed by atoms with E-state index in [4.69, 9.17) is 14.7 Å². The Hall–Kier alpha value is -0.610. The van der Waals surface area contributed by atoms with Crippen LogP contribution in [0, 0.1) is 0 Å². The van der Waals surface area contributed by atoms with E-state index < -0.39 is 0 Å². The minimum absolute atomic E-state index is 0.238. The second-order valence-corrected chi connectivity index (χ2v) is 4.35. The Morgan fingerprint density at radius 2 is 1.93 bits per heavy atom. The molecule has 0 aromatic heterocycles. The molecule has 0 atom stereocenters. The number of hydrogen-bond acceptors (Lipinski definition) is 4. The van der Waals surface area contributed by atoms with Gasteiger partial charge < -0.3 is 14.7 Å². The average Bonchev–Trinajstić information content (AvgIpc) is 2.14. The van der Waals surface area contributed by atoms with Gasteiger partial charge in [-0.1, -0.05) is 5.16 Å². The highest BCUT2D eigenvalue weighted by Gasteiger charge is 2.08. The molecule has 15 heavy (non-hydrogen) atoms. The lowest BCUT2D eigenvalue weighted by Gasteiger charge is -2.14. The first-order valence-electron chi connectivity index (χ1n) is 5.45. The van der Waals surface area contributed by atoms with Gasteiger partial charge in [-0.25, -0.2) is 0 Å². The lowest BCUT2D eigenvalue weighted by molar-refractivity contribution is 0.000670. The van der Waals surface area contributed by atoms with E-state index in [0.29, 0.717) is 13.2 Å². The molecule has 0 amide bonds. The van der Waals surface area contributed by atoms with E-state index in [0.717, 1.165) is 19.3 Å². The van der Waals surface area contributed by atoms with Crippen molar-refractivity contribution in [3.05, 3.63) is 0 Å². The van der Waals surface area contributed by atoms with E-state index in [2.05, 4.69) is 5.16 Å². The van der Waals surface area contributed by atoms with Crippen molar-refractivity contribution in [2.45, 2.75) is 45.6 Å². The maximum absolute atomic E-state index is 8.54. The first kappa shape index (κ1) is 14.4. The SMILES string of the molecule is CC(C)(C)O/N=C/COCCCCCO. The molecule has 0 saturated carbocycles. The van der Waals surface area contributed by atoms with Gasteiger partial charge in [0.25, 0.3) is 0 Å². The number of oxime groups is 1. The largest absolute Gasteiger partial charge is 0.396 e. The van der Waals surface area contributed by atoms with Crippen LogP contribution >= 0.6 is 0 Å². The van der Waals surface area contributed by atoms with Gasteiger partial charge in [0.1, 0.15) is 5.60 Å². The third-order valence-corrected chi connectivity index (χ3v) is 1.54. The Labute approximate surface area is 92.3 Å². The summed E-state index contributed by atoms with van der Waals surface area (Å²) in [4.78, 5) is 5.13. The maximum atomic E-state index is 8.54. The number of aliphatic hydroxyl groups is 1. The van der Waals surface area contributed by atoms with Crippen molar-refractivity contribution in [1.29, 1.82) is 0 Å². The first-order valence-corrected chi connectivity index (χ1v) is 5.45. The quantitative estimate of drug-likeness (QED) is 0.384. The van der Waals surface area contributed by atoms with Crippen molar-refractivity contribution in [3.8, 4) is 0 Å². The molecular formula is C11H23NO3. The third kappa shape index (κ3) is 13.4. The number of ether oxygens (including phenoxy) is 1. The molecule has 0 unspecified atom stereocenters. The van der Waals surface area contributed by atoms with Gasteiger partial charge in [-0.3, -0.25) is 0 Å². The van der Waals surface area contributed by atoms with Gasteiger partial charge in [0.2, 0.25) is 0 Å². The van der Waals surface area contributed by atoms with Crippen LogP contribution < -0.4 is 0 Å². The van der Waals surface area contributed by atoms with Gasteiger partial charge in [-0.05, 0) is 40.0 Å². The summed E-state index contributed by atoms with van der Waals surface area (Å²) in [5.74, 6) is 0. The number of hydrogen-bond donors (Lipinski definition) is 1. The summed E-state index contributed by atoms with van der Waals surface area (Å²) in [6.45, 7) is 7.29. The summed E-state index contributed by atoms with van der Waals surface area (Å²) >= 11 is 0. The highest BCUT2D eigenvalue weighted by molar-refractivity contribution is 5.57. The van der Waals surface area contributed by atoms with E-state index in [1.165, 1.54) is 0 Å². The molecule has 0 aliphatic rings. The normalized spacial score (nSPS) is 12.3. The fourth-order valence-electron chi connectivity index (χ4n) is 0.855. The average molecular weight is 217 g/mol. The molecule has 0 aromatic rings. The molecule has 0 heterocycles. The summed E-state index contributed by atoms with van der Waals surface area (Å²) in [5, 5.41) is 12.3. The lowest BCUT2D eigenvalue weighted by Crippen LogP contribution is -2.15. The predicted octanol–water partition coefficient (Wildman–Crippen LogP) is 1.97. The topological polar surface area (TPSA) is 51.0 Å². The smallest absolute Gasteiger partial charge is 0.129 e. The summed E-state index contributed by atoms with van der Waals surface area (Å²) < 4.78 is 5.28. The van der Waals surface area contributed by atoms with Gasteiger partial charge in [0.15, 0.2) is 0 Å². The van der Waals surface area contributed by atoms with Gasteiger partial charge in [0, 0.05) is 13.2 Å². The molecule has 4 heteroatoms. The Bertz CT molecular complexity index is 164. The van der Waals surface area contributed by atoms with Gasteiger partial charge in [-0.15, -0.1) is 0 Å². The minimum Gasteiger partial charge on any atom is -0.396 e. The zero-order chi connectivity index (χ0) is 11.6. The van der Waals surface area contributed by atoms with Crippen LogP contribution in [0.25, 0.3) is 0 Å². The zero-order valence-electron chi connectivity index (χ0n) is 10.0. The fraction of sp³-hybridized carbons (Fsp3) is 0.909. The Morgan fingerprint density at radius 1 is 1.20 bits per heavy atom. The van der Waals surface area contributed by atoms with Crippen LogP contribution in [0.2, 0.25) is 0 Å². The third-order valence-electron chi connectivity index (χ3n) is 1.54. The molecule has 0 aliphatic carbocycles. The van der Waals surface area contributed by atoms with E-state index in [1.807, 2.05) is 20.8 Å². The summed E-state index contributed by atoms with van der Waals surface area (Å²) in [5.41, 5.74) is -0.238. The molecule has 0 saturated heterocycles. The van der Waals surface area contributed by atoms with Crippen molar-refractivity contribution >= 4 is 6.21 Å². The van der Waals surface area contributed by atoms with Gasteiger partial charge >= 0.3 is 0 Å². The summed E-state index contributed by atoms with van der Waals surface area (Å²) in [7, 11) is 0. The second kappa shape index (κ2) is 8.68. The minimum atomic E-state index is -0.238. The molecule has 0 fully saturated rings. The second-order valence-electron chi connectivity index (χ2n) is 4.35. The van der Waals surface area contributed by atoms with Crippen molar-refractivity contribution < 1.29 is 14.7 Å². The molecule has 0 radical (unpaired) electrons. The molecule has 0 aromatic carbocycles. The van der Waals surface area contributed by atoms with E-state index in [1.54, 1.807) is 6.21 Å².